The number of ether oxygens (including phenoxy) is 1. The average molecular weight is 352 g/mol. The molecule has 1 amide bonds. The van der Waals surface area contributed by atoms with Crippen molar-refractivity contribution >= 4 is 5.91 Å². The summed E-state index contributed by atoms with van der Waals surface area (Å²) in [4.78, 5) is 14.9. The predicted molar refractivity (Wildman–Crippen MR) is 104 cm³/mol. The van der Waals surface area contributed by atoms with Gasteiger partial charge in [-0.2, -0.15) is 0 Å². The lowest BCUT2D eigenvalue weighted by atomic mass is 9.89. The molecule has 26 heavy (non-hydrogen) atoms. The Labute approximate surface area is 156 Å². The third-order valence-corrected chi connectivity index (χ3v) is 5.04. The largest absolute Gasteiger partial charge is 0.374 e. The standard InChI is InChI=1S/C22H28N2O2/c1-16(2)26-15-17-8-10-19(11-9-17)22(25)24-13-20(12-23)21(14-24)18-6-4-3-5-7-18/h3-11,16,20-21H,12-15,23H2,1-2H3/t20-,21+/m1/s1. The summed E-state index contributed by atoms with van der Waals surface area (Å²) in [7, 11) is 0. The van der Waals surface area contributed by atoms with E-state index < -0.39 is 0 Å². The molecule has 0 aliphatic carbocycles. The first-order valence-electron chi connectivity index (χ1n) is 9.33. The SMILES string of the molecule is CC(C)OCc1ccc(C(=O)N2C[C@@H](CN)[C@H](c3ccccc3)C2)cc1. The molecule has 1 aliphatic rings. The van der Waals surface area contributed by atoms with E-state index in [1.54, 1.807) is 0 Å². The molecule has 0 spiro atoms. The van der Waals surface area contributed by atoms with Gasteiger partial charge in [-0.1, -0.05) is 42.5 Å². The molecule has 0 unspecified atom stereocenters. The number of carbonyl (C=O) groups is 1. The van der Waals surface area contributed by atoms with Gasteiger partial charge < -0.3 is 15.4 Å². The Morgan fingerprint density at radius 1 is 1.12 bits per heavy atom. The van der Waals surface area contributed by atoms with Crippen molar-refractivity contribution in [3.05, 3.63) is 71.3 Å². The van der Waals surface area contributed by atoms with Crippen molar-refractivity contribution in [2.45, 2.75) is 32.5 Å². The van der Waals surface area contributed by atoms with Crippen molar-refractivity contribution < 1.29 is 9.53 Å². The summed E-state index contributed by atoms with van der Waals surface area (Å²) in [6.45, 7) is 6.64. The van der Waals surface area contributed by atoms with E-state index in [0.29, 0.717) is 31.5 Å². The molecule has 0 saturated carbocycles. The molecule has 3 rings (SSSR count). The zero-order valence-electron chi connectivity index (χ0n) is 15.6. The lowest BCUT2D eigenvalue weighted by Gasteiger charge is -2.17. The second-order valence-corrected chi connectivity index (χ2v) is 7.28. The summed E-state index contributed by atoms with van der Waals surface area (Å²) < 4.78 is 5.61. The maximum Gasteiger partial charge on any atom is 0.253 e. The molecule has 1 saturated heterocycles. The quantitative estimate of drug-likeness (QED) is 0.866. The van der Waals surface area contributed by atoms with E-state index >= 15 is 0 Å². The van der Waals surface area contributed by atoms with Crippen molar-refractivity contribution in [1.82, 2.24) is 4.90 Å². The van der Waals surface area contributed by atoms with Crippen LogP contribution >= 0.6 is 0 Å². The molecule has 0 radical (unpaired) electrons. The van der Waals surface area contributed by atoms with Gasteiger partial charge in [-0.15, -0.1) is 0 Å². The summed E-state index contributed by atoms with van der Waals surface area (Å²) in [5.74, 6) is 0.696. The molecule has 1 heterocycles. The fourth-order valence-electron chi connectivity index (χ4n) is 3.54. The highest BCUT2D eigenvalue weighted by molar-refractivity contribution is 5.94. The van der Waals surface area contributed by atoms with Crippen LogP contribution in [-0.4, -0.2) is 36.5 Å². The van der Waals surface area contributed by atoms with Gasteiger partial charge in [0.15, 0.2) is 0 Å². The van der Waals surface area contributed by atoms with Crippen LogP contribution in [0.4, 0.5) is 0 Å². The molecule has 138 valence electrons. The van der Waals surface area contributed by atoms with Crippen LogP contribution in [0, 0.1) is 5.92 Å². The maximum absolute atomic E-state index is 12.9. The minimum absolute atomic E-state index is 0.0817. The number of carbonyl (C=O) groups excluding carboxylic acids is 1. The van der Waals surface area contributed by atoms with Crippen LogP contribution in [0.5, 0.6) is 0 Å². The first-order valence-corrected chi connectivity index (χ1v) is 9.33. The van der Waals surface area contributed by atoms with Gasteiger partial charge in [0, 0.05) is 24.6 Å². The number of nitrogens with zero attached hydrogens (tertiary/aromatic N) is 1. The van der Waals surface area contributed by atoms with E-state index in [1.165, 1.54) is 5.56 Å². The van der Waals surface area contributed by atoms with Gasteiger partial charge in [0.25, 0.3) is 5.91 Å². The third kappa shape index (κ3) is 4.32. The average Bonchev–Trinajstić information content (AvgIpc) is 3.11. The Hall–Kier alpha value is -2.17. The normalized spacial score (nSPS) is 19.9. The molecule has 4 nitrogen and oxygen atoms in total. The molecule has 2 aromatic carbocycles. The first-order chi connectivity index (χ1) is 12.6. The topological polar surface area (TPSA) is 55.6 Å². The summed E-state index contributed by atoms with van der Waals surface area (Å²) in [5.41, 5.74) is 9.06. The fraction of sp³-hybridized carbons (Fsp3) is 0.409. The lowest BCUT2D eigenvalue weighted by Crippen LogP contribution is -2.29. The summed E-state index contributed by atoms with van der Waals surface area (Å²) in [5, 5.41) is 0. The molecule has 1 fully saturated rings. The van der Waals surface area contributed by atoms with Crippen LogP contribution in [0.15, 0.2) is 54.6 Å². The molecule has 2 aromatic rings. The first kappa shape index (κ1) is 18.6. The van der Waals surface area contributed by atoms with Crippen molar-refractivity contribution in [3.63, 3.8) is 0 Å². The van der Waals surface area contributed by atoms with Gasteiger partial charge in [-0.25, -0.2) is 0 Å². The highest BCUT2D eigenvalue weighted by atomic mass is 16.5. The van der Waals surface area contributed by atoms with Crippen molar-refractivity contribution in [2.24, 2.45) is 11.7 Å². The van der Waals surface area contributed by atoms with Crippen LogP contribution in [0.3, 0.4) is 0 Å². The van der Waals surface area contributed by atoms with Crippen LogP contribution in [0.1, 0.15) is 41.3 Å². The number of benzene rings is 2. The van der Waals surface area contributed by atoms with Crippen molar-refractivity contribution in [2.75, 3.05) is 19.6 Å². The summed E-state index contributed by atoms with van der Waals surface area (Å²) in [6.07, 6.45) is 0.198. The number of rotatable bonds is 6. The second kappa shape index (κ2) is 8.47. The minimum atomic E-state index is 0.0817. The van der Waals surface area contributed by atoms with E-state index in [9.17, 15) is 4.79 Å². The summed E-state index contributed by atoms with van der Waals surface area (Å²) >= 11 is 0. The van der Waals surface area contributed by atoms with Gasteiger partial charge in [-0.3, -0.25) is 4.79 Å². The third-order valence-electron chi connectivity index (χ3n) is 5.04. The molecule has 2 atom stereocenters. The Morgan fingerprint density at radius 3 is 2.42 bits per heavy atom. The molecular formula is C22H28N2O2. The Morgan fingerprint density at radius 2 is 1.81 bits per heavy atom. The Bertz CT molecular complexity index is 713. The number of hydrogen-bond acceptors (Lipinski definition) is 3. The molecular weight excluding hydrogens is 324 g/mol. The van der Waals surface area contributed by atoms with Gasteiger partial charge in [0.05, 0.1) is 12.7 Å². The summed E-state index contributed by atoms with van der Waals surface area (Å²) in [6, 6.07) is 18.1. The van der Waals surface area contributed by atoms with E-state index in [4.69, 9.17) is 10.5 Å². The number of likely N-dealkylation sites (tertiary alicyclic amines) is 1. The minimum Gasteiger partial charge on any atom is -0.374 e. The molecule has 4 heteroatoms. The maximum atomic E-state index is 12.9. The van der Waals surface area contributed by atoms with Crippen molar-refractivity contribution in [3.8, 4) is 0 Å². The lowest BCUT2D eigenvalue weighted by molar-refractivity contribution is 0.0656. The van der Waals surface area contributed by atoms with Gasteiger partial charge in [0.1, 0.15) is 0 Å². The smallest absolute Gasteiger partial charge is 0.253 e. The van der Waals surface area contributed by atoms with Crippen LogP contribution < -0.4 is 5.73 Å². The van der Waals surface area contributed by atoms with E-state index in [0.717, 1.165) is 17.7 Å². The number of amides is 1. The van der Waals surface area contributed by atoms with E-state index in [-0.39, 0.29) is 12.0 Å². The number of nitrogens with two attached hydrogens (primary N) is 1. The van der Waals surface area contributed by atoms with Gasteiger partial charge in [0.2, 0.25) is 0 Å². The molecule has 0 bridgehead atoms. The van der Waals surface area contributed by atoms with Gasteiger partial charge >= 0.3 is 0 Å². The fourth-order valence-corrected chi connectivity index (χ4v) is 3.54. The predicted octanol–water partition coefficient (Wildman–Crippen LogP) is 3.43. The number of hydrogen-bond donors (Lipinski definition) is 1. The molecule has 0 aromatic heterocycles. The van der Waals surface area contributed by atoms with E-state index in [2.05, 4.69) is 12.1 Å². The highest BCUT2D eigenvalue weighted by Crippen LogP contribution is 2.32. The zero-order chi connectivity index (χ0) is 18.5. The van der Waals surface area contributed by atoms with Crippen LogP contribution in [0.25, 0.3) is 0 Å². The Balaban J connectivity index is 1.68. The zero-order valence-corrected chi connectivity index (χ0v) is 15.6. The van der Waals surface area contributed by atoms with E-state index in [1.807, 2.05) is 61.2 Å². The van der Waals surface area contributed by atoms with Crippen LogP contribution in [0.2, 0.25) is 0 Å². The molecule has 2 N–H and O–H groups in total. The Kier molecular flexibility index (Phi) is 6.07. The second-order valence-electron chi connectivity index (χ2n) is 7.28. The molecule has 1 aliphatic heterocycles. The van der Waals surface area contributed by atoms with Crippen LogP contribution in [-0.2, 0) is 11.3 Å². The highest BCUT2D eigenvalue weighted by Gasteiger charge is 2.35. The van der Waals surface area contributed by atoms with Gasteiger partial charge in [-0.05, 0) is 49.6 Å². The monoisotopic (exact) mass is 352 g/mol. The van der Waals surface area contributed by atoms with Crippen molar-refractivity contribution in [1.29, 1.82) is 0 Å².